The number of carbonyl (C=O) groups is 1. The molecule has 0 aliphatic rings. The molecule has 0 amide bonds. The largest absolute Gasteiger partial charge is 0.477 e. The van der Waals surface area contributed by atoms with Crippen molar-refractivity contribution in [2.24, 2.45) is 0 Å². The van der Waals surface area contributed by atoms with Gasteiger partial charge in [0.1, 0.15) is 5.82 Å². The van der Waals surface area contributed by atoms with Gasteiger partial charge in [0, 0.05) is 22.7 Å². The van der Waals surface area contributed by atoms with Crippen LogP contribution in [0.5, 0.6) is 0 Å². The lowest BCUT2D eigenvalue weighted by Gasteiger charge is -2.11. The quantitative estimate of drug-likeness (QED) is 0.331. The first kappa shape index (κ1) is 23.5. The smallest absolute Gasteiger partial charge is 0.416 e. The number of rotatable bonds is 4. The van der Waals surface area contributed by atoms with Crippen LogP contribution in [0.25, 0.3) is 27.5 Å². The second-order valence-electron chi connectivity index (χ2n) is 8.17. The number of hydrogen-bond acceptors (Lipinski definition) is 4. The molecule has 5 rings (SSSR count). The number of carboxylic acid groups (broad SMARTS) is 1. The maximum absolute atomic E-state index is 13.8. The van der Waals surface area contributed by atoms with Crippen LogP contribution in [0.1, 0.15) is 27.2 Å². The van der Waals surface area contributed by atoms with E-state index in [-0.39, 0.29) is 33.9 Å². The summed E-state index contributed by atoms with van der Waals surface area (Å²) >= 11 is 1.12. The third kappa shape index (κ3) is 3.70. The third-order valence-corrected chi connectivity index (χ3v) is 6.64. The minimum absolute atomic E-state index is 0.0501. The predicted molar refractivity (Wildman–Crippen MR) is 126 cm³/mol. The van der Waals surface area contributed by atoms with E-state index in [9.17, 15) is 37.1 Å². The molecule has 0 atom stereocenters. The molecule has 2 aromatic carbocycles. The van der Waals surface area contributed by atoms with Gasteiger partial charge in [0.2, 0.25) is 0 Å². The highest BCUT2D eigenvalue weighted by Crippen LogP contribution is 2.36. The van der Waals surface area contributed by atoms with Crippen molar-refractivity contribution in [3.63, 3.8) is 0 Å². The fourth-order valence-corrected chi connectivity index (χ4v) is 5.01. The van der Waals surface area contributed by atoms with Gasteiger partial charge >= 0.3 is 17.8 Å². The van der Waals surface area contributed by atoms with Gasteiger partial charge in [-0.2, -0.15) is 13.2 Å². The van der Waals surface area contributed by atoms with Gasteiger partial charge in [-0.05, 0) is 42.3 Å². The molecule has 0 spiro atoms. The minimum Gasteiger partial charge on any atom is -0.477 e. The fourth-order valence-electron chi connectivity index (χ4n) is 4.25. The molecule has 3 aromatic heterocycles. The Balaban J connectivity index is 1.91. The molecule has 0 saturated carbocycles. The average molecular weight is 517 g/mol. The van der Waals surface area contributed by atoms with Crippen LogP contribution in [0.4, 0.5) is 17.6 Å². The number of aryl methyl sites for hydroxylation is 1. The standard InChI is InChI=1S/C24H15F4N3O4S/c1-11-6-12(2-4-16(11)25)8-30-18-5-3-13(24(26,27)28)7-14(18)19(20(30)22(33)34)31-21(32)15-9-36-10-17(15)29-23(31)35/h2-7,9-10H,8H2,1H3,(H,29,35)(H,33,34). The van der Waals surface area contributed by atoms with Crippen LogP contribution in [0.2, 0.25) is 0 Å². The maximum atomic E-state index is 13.8. The number of benzene rings is 2. The van der Waals surface area contributed by atoms with Crippen LogP contribution in [-0.2, 0) is 12.7 Å². The number of aromatic amines is 1. The molecule has 7 nitrogen and oxygen atoms in total. The van der Waals surface area contributed by atoms with E-state index < -0.39 is 46.2 Å². The molecule has 5 aromatic rings. The monoisotopic (exact) mass is 517 g/mol. The fraction of sp³-hybridized carbons (Fsp3) is 0.125. The Morgan fingerprint density at radius 1 is 1.08 bits per heavy atom. The molecule has 12 heteroatoms. The first-order chi connectivity index (χ1) is 17.0. The second kappa shape index (κ2) is 8.19. The summed E-state index contributed by atoms with van der Waals surface area (Å²) in [7, 11) is 0. The summed E-state index contributed by atoms with van der Waals surface area (Å²) in [6.07, 6.45) is -4.76. The molecular weight excluding hydrogens is 502 g/mol. The summed E-state index contributed by atoms with van der Waals surface area (Å²) in [6.45, 7) is 1.35. The average Bonchev–Trinajstić information content (AvgIpc) is 3.39. The highest BCUT2D eigenvalue weighted by Gasteiger charge is 2.33. The van der Waals surface area contributed by atoms with E-state index in [0.717, 1.165) is 23.5 Å². The first-order valence-electron chi connectivity index (χ1n) is 10.4. The molecule has 0 fully saturated rings. The van der Waals surface area contributed by atoms with E-state index >= 15 is 0 Å². The molecular formula is C24H15F4N3O4S. The SMILES string of the molecule is Cc1cc(Cn2c(C(=O)O)c(-n3c(=O)[nH]c4cscc4c3=O)c3cc(C(F)(F)F)ccc32)ccc1F. The van der Waals surface area contributed by atoms with E-state index in [1.165, 1.54) is 40.5 Å². The Bertz CT molecular complexity index is 1810. The molecule has 0 bridgehead atoms. The number of fused-ring (bicyclic) bond motifs is 2. The lowest BCUT2D eigenvalue weighted by atomic mass is 10.1. The van der Waals surface area contributed by atoms with Gasteiger partial charge in [0.25, 0.3) is 5.56 Å². The molecule has 3 heterocycles. The maximum Gasteiger partial charge on any atom is 0.416 e. The number of hydrogen-bond donors (Lipinski definition) is 2. The zero-order valence-electron chi connectivity index (χ0n) is 18.3. The summed E-state index contributed by atoms with van der Waals surface area (Å²) in [6, 6.07) is 6.69. The summed E-state index contributed by atoms with van der Waals surface area (Å²) in [5.41, 5.74) is -2.96. The van der Waals surface area contributed by atoms with Crippen molar-refractivity contribution < 1.29 is 27.5 Å². The molecule has 0 aliphatic heterocycles. The molecule has 2 N–H and O–H groups in total. The number of aromatic nitrogens is 3. The first-order valence-corrected chi connectivity index (χ1v) is 11.3. The number of thiophene rings is 1. The van der Waals surface area contributed by atoms with Crippen LogP contribution in [0.15, 0.2) is 56.7 Å². The van der Waals surface area contributed by atoms with Crippen molar-refractivity contribution in [2.75, 3.05) is 0 Å². The number of carboxylic acids is 1. The van der Waals surface area contributed by atoms with Crippen molar-refractivity contribution in [3.05, 3.63) is 96.2 Å². The Hall–Kier alpha value is -4.19. The summed E-state index contributed by atoms with van der Waals surface area (Å²) in [5.74, 6) is -2.04. The Morgan fingerprint density at radius 2 is 1.83 bits per heavy atom. The highest BCUT2D eigenvalue weighted by molar-refractivity contribution is 7.09. The van der Waals surface area contributed by atoms with Crippen LogP contribution < -0.4 is 11.2 Å². The normalized spacial score (nSPS) is 12.0. The molecule has 184 valence electrons. The lowest BCUT2D eigenvalue weighted by Crippen LogP contribution is -2.34. The second-order valence-corrected chi connectivity index (χ2v) is 8.92. The van der Waals surface area contributed by atoms with Crippen LogP contribution in [0.3, 0.4) is 0 Å². The summed E-state index contributed by atoms with van der Waals surface area (Å²) in [5, 5.41) is 12.9. The van der Waals surface area contributed by atoms with Gasteiger partial charge in [-0.3, -0.25) is 4.79 Å². The number of H-pyrrole nitrogens is 1. The van der Waals surface area contributed by atoms with Crippen molar-refractivity contribution in [3.8, 4) is 5.69 Å². The zero-order valence-corrected chi connectivity index (χ0v) is 19.1. The van der Waals surface area contributed by atoms with E-state index in [1.54, 1.807) is 0 Å². The number of halogens is 4. The van der Waals surface area contributed by atoms with Crippen molar-refractivity contribution in [1.29, 1.82) is 0 Å². The number of alkyl halides is 3. The zero-order chi connectivity index (χ0) is 25.9. The van der Waals surface area contributed by atoms with E-state index in [0.29, 0.717) is 16.2 Å². The highest BCUT2D eigenvalue weighted by atomic mass is 32.1. The van der Waals surface area contributed by atoms with Gasteiger partial charge in [-0.1, -0.05) is 12.1 Å². The number of nitrogens with zero attached hydrogens (tertiary/aromatic N) is 2. The Labute approximate surface area is 202 Å². The minimum atomic E-state index is -4.76. The van der Waals surface area contributed by atoms with E-state index in [1.807, 2.05) is 0 Å². The van der Waals surface area contributed by atoms with E-state index in [2.05, 4.69) is 4.98 Å². The lowest BCUT2D eigenvalue weighted by molar-refractivity contribution is -0.137. The van der Waals surface area contributed by atoms with Gasteiger partial charge in [0.15, 0.2) is 5.69 Å². The number of nitrogens with one attached hydrogen (secondary N) is 1. The van der Waals surface area contributed by atoms with Gasteiger partial charge in [0.05, 0.1) is 27.7 Å². The molecule has 0 aliphatic carbocycles. The Kier molecular flexibility index (Phi) is 5.36. The van der Waals surface area contributed by atoms with Crippen molar-refractivity contribution >= 4 is 39.1 Å². The topological polar surface area (TPSA) is 97.1 Å². The summed E-state index contributed by atoms with van der Waals surface area (Å²) < 4.78 is 56.3. The van der Waals surface area contributed by atoms with E-state index in [4.69, 9.17) is 0 Å². The van der Waals surface area contributed by atoms with Crippen LogP contribution in [-0.4, -0.2) is 25.2 Å². The molecule has 0 unspecified atom stereocenters. The third-order valence-electron chi connectivity index (χ3n) is 5.89. The van der Waals surface area contributed by atoms with Crippen molar-refractivity contribution in [1.82, 2.24) is 14.1 Å². The Morgan fingerprint density at radius 3 is 2.50 bits per heavy atom. The van der Waals surface area contributed by atoms with Gasteiger partial charge in [-0.25, -0.2) is 18.5 Å². The van der Waals surface area contributed by atoms with Gasteiger partial charge < -0.3 is 14.7 Å². The van der Waals surface area contributed by atoms with Crippen LogP contribution in [0, 0.1) is 12.7 Å². The molecule has 0 saturated heterocycles. The van der Waals surface area contributed by atoms with Crippen LogP contribution >= 0.6 is 11.3 Å². The summed E-state index contributed by atoms with van der Waals surface area (Å²) in [4.78, 5) is 41.2. The molecule has 0 radical (unpaired) electrons. The van der Waals surface area contributed by atoms with Crippen molar-refractivity contribution in [2.45, 2.75) is 19.6 Å². The van der Waals surface area contributed by atoms with Gasteiger partial charge in [-0.15, -0.1) is 11.3 Å². The predicted octanol–water partition coefficient (Wildman–Crippen LogP) is 4.91. The number of aromatic carboxylic acids is 1. The molecule has 36 heavy (non-hydrogen) atoms.